The maximum absolute atomic E-state index is 12.0. The number of aliphatic hydroxyl groups excluding tert-OH is 4. The Morgan fingerprint density at radius 3 is 1.20 bits per heavy atom. The summed E-state index contributed by atoms with van der Waals surface area (Å²) >= 11 is 12.2. The van der Waals surface area contributed by atoms with Crippen molar-refractivity contribution in [3.63, 3.8) is 0 Å². The second-order valence-electron chi connectivity index (χ2n) is 36.5. The Hall–Kier alpha value is -10.9. The third kappa shape index (κ3) is 27.5. The number of benzene rings is 10. The Kier molecular flexibility index (Phi) is 33.9. The zero-order valence-corrected chi connectivity index (χ0v) is 77.4. The minimum atomic E-state index is -0.580. The molecule has 9 aliphatic rings. The van der Waals surface area contributed by atoms with Crippen molar-refractivity contribution in [1.82, 2.24) is 29.4 Å². The summed E-state index contributed by atoms with van der Waals surface area (Å²) in [7, 11) is 0. The average Bonchev–Trinajstić information content (AvgIpc) is 1.04. The number of esters is 2. The number of fused-ring (bicyclic) bond motifs is 3. The van der Waals surface area contributed by atoms with Crippen molar-refractivity contribution in [1.29, 1.82) is 0 Å². The first-order chi connectivity index (χ1) is 64.9. The van der Waals surface area contributed by atoms with Crippen LogP contribution in [-0.2, 0) is 41.7 Å². The highest BCUT2D eigenvalue weighted by molar-refractivity contribution is 6.42. The maximum Gasteiger partial charge on any atom is 0.334 e. The Bertz CT molecular complexity index is 5630. The highest BCUT2D eigenvalue weighted by atomic mass is 35.5. The molecule has 4 unspecified atom stereocenters. The summed E-state index contributed by atoms with van der Waals surface area (Å²) < 4.78 is 44.4. The molecule has 9 aliphatic heterocycles. The van der Waals surface area contributed by atoms with Gasteiger partial charge in [-0.2, -0.15) is 0 Å². The predicted molar refractivity (Wildman–Crippen MR) is 519 cm³/mol. The minimum Gasteiger partial charge on any atom is -0.491 e. The lowest BCUT2D eigenvalue weighted by atomic mass is 9.88. The largest absolute Gasteiger partial charge is 0.491 e. The van der Waals surface area contributed by atoms with Crippen molar-refractivity contribution in [2.24, 2.45) is 0 Å². The van der Waals surface area contributed by atoms with E-state index in [1.807, 2.05) is 137 Å². The average molecular weight is 1850 g/mol. The molecule has 4 atom stereocenters. The van der Waals surface area contributed by atoms with Crippen molar-refractivity contribution < 1.29 is 77.5 Å². The molecule has 0 bridgehead atoms. The van der Waals surface area contributed by atoms with Gasteiger partial charge in [-0.1, -0.05) is 175 Å². The molecule has 24 heteroatoms. The van der Waals surface area contributed by atoms with Crippen LogP contribution in [0.5, 0.6) is 34.5 Å². The number of piperidine rings is 4. The van der Waals surface area contributed by atoms with Crippen LogP contribution in [0.1, 0.15) is 158 Å². The lowest BCUT2D eigenvalue weighted by molar-refractivity contribution is -0.135. The zero-order valence-electron chi connectivity index (χ0n) is 75.8. The summed E-state index contributed by atoms with van der Waals surface area (Å²) in [6.45, 7) is 15.1. The normalized spacial score (nSPS) is 19.4. The van der Waals surface area contributed by atoms with Crippen LogP contribution in [0.15, 0.2) is 230 Å². The van der Waals surface area contributed by atoms with Crippen LogP contribution < -0.4 is 28.4 Å². The highest BCUT2D eigenvalue weighted by Crippen LogP contribution is 2.40. The molecule has 0 aromatic heterocycles. The molecular weight excluding hydrogens is 1720 g/mol. The summed E-state index contributed by atoms with van der Waals surface area (Å²) in [6, 6.07) is 73.6. The summed E-state index contributed by atoms with van der Waals surface area (Å²) in [5, 5.41) is 48.6. The van der Waals surface area contributed by atoms with E-state index < -0.39 is 24.4 Å². The molecule has 0 saturated carbocycles. The number of nitrogens with zero attached hydrogens (tertiary/aromatic N) is 6. The van der Waals surface area contributed by atoms with Gasteiger partial charge in [0.25, 0.3) is 0 Å². The molecule has 19 rings (SSSR count). The number of hydrogen-bond donors (Lipinski definition) is 4. The van der Waals surface area contributed by atoms with E-state index in [2.05, 4.69) is 123 Å². The fourth-order valence-corrected chi connectivity index (χ4v) is 19.8. The van der Waals surface area contributed by atoms with Crippen LogP contribution in [0.3, 0.4) is 0 Å². The van der Waals surface area contributed by atoms with E-state index in [0.717, 1.165) is 175 Å². The van der Waals surface area contributed by atoms with Crippen LogP contribution in [-0.4, -0.2) is 236 Å². The SMILES string of the molecule is O=C1CCCN1Cc1cccc(OCC(O)CN2CCC(c3ccc4ccccc4c3)CC2)c1.O=C1CCCN1Cc1ccccc1OCC(O)CN1CCC(c2ccc3c(c2)OCO3)CC1.O=C1OCC/C1=C\c1cccc(OCC(O)CN2CCC(c3ccc(Cl)c(Cl)c3)CC2)c1.O=C1OCC/C1=C\c1cccc(OCC(O)CN2CCC(c3ccc4ccccc4c3)CC2)c1. The van der Waals surface area contributed by atoms with Crippen LogP contribution in [0.25, 0.3) is 33.7 Å². The maximum atomic E-state index is 12.0. The Morgan fingerprint density at radius 2 is 0.752 bits per heavy atom. The number of amides is 2. The van der Waals surface area contributed by atoms with E-state index in [4.69, 9.17) is 61.1 Å². The number of β-amino-alcohol motifs (C(OH)–C–C–N with tert-alkyl or cyclic N) is 4. The summed E-state index contributed by atoms with van der Waals surface area (Å²) in [5.41, 5.74) is 10.6. The number of cyclic esters (lactones) is 2. The molecule has 10 aromatic carbocycles. The van der Waals surface area contributed by atoms with Gasteiger partial charge in [0.1, 0.15) is 73.8 Å². The first-order valence-electron chi connectivity index (χ1n) is 47.5. The van der Waals surface area contributed by atoms with Gasteiger partial charge in [-0.25, -0.2) is 9.59 Å². The van der Waals surface area contributed by atoms with Crippen LogP contribution in [0.2, 0.25) is 10.0 Å². The molecule has 2 amide bonds. The smallest absolute Gasteiger partial charge is 0.334 e. The molecule has 0 aliphatic carbocycles. The number of para-hydroxylation sites is 1. The van der Waals surface area contributed by atoms with Crippen LogP contribution in [0, 0.1) is 0 Å². The van der Waals surface area contributed by atoms with E-state index in [-0.39, 0.29) is 50.2 Å². The molecule has 700 valence electrons. The number of hydrogen-bond acceptors (Lipinski definition) is 20. The zero-order chi connectivity index (χ0) is 91.8. The second-order valence-corrected chi connectivity index (χ2v) is 37.3. The van der Waals surface area contributed by atoms with Crippen molar-refractivity contribution in [3.8, 4) is 34.5 Å². The monoisotopic (exact) mass is 1840 g/mol. The van der Waals surface area contributed by atoms with E-state index in [1.54, 1.807) is 0 Å². The Labute approximate surface area is 790 Å². The Balaban J connectivity index is 0.000000129. The van der Waals surface area contributed by atoms with Gasteiger partial charge in [-0.15, -0.1) is 0 Å². The predicted octanol–water partition coefficient (Wildman–Crippen LogP) is 17.5. The van der Waals surface area contributed by atoms with Gasteiger partial charge < -0.3 is 87.7 Å². The topological polar surface area (TPSA) is 242 Å². The highest BCUT2D eigenvalue weighted by Gasteiger charge is 2.31. The Morgan fingerprint density at radius 1 is 0.353 bits per heavy atom. The number of likely N-dealkylation sites (tertiary alicyclic amines) is 6. The molecule has 9 heterocycles. The molecule has 4 N–H and O–H groups in total. The van der Waals surface area contributed by atoms with Gasteiger partial charge in [-0.05, 0) is 280 Å². The van der Waals surface area contributed by atoms with E-state index in [1.165, 1.54) is 43.8 Å². The fourth-order valence-electron chi connectivity index (χ4n) is 19.4. The third-order valence-electron chi connectivity index (χ3n) is 26.8. The quantitative estimate of drug-likeness (QED) is 0.0242. The van der Waals surface area contributed by atoms with Gasteiger partial charge in [0.05, 0.1) is 23.3 Å². The first kappa shape index (κ1) is 95.3. The van der Waals surface area contributed by atoms with Crippen molar-refractivity contribution >= 4 is 80.7 Å². The van der Waals surface area contributed by atoms with Crippen LogP contribution in [0.4, 0.5) is 0 Å². The molecule has 133 heavy (non-hydrogen) atoms. The fraction of sp³-hybridized carbons (Fsp3) is 0.413. The van der Waals surface area contributed by atoms with E-state index in [0.29, 0.717) is 141 Å². The number of aliphatic hydroxyl groups is 4. The second kappa shape index (κ2) is 47.4. The molecule has 10 aromatic rings. The number of carbonyl (C=O) groups is 4. The summed E-state index contributed by atoms with van der Waals surface area (Å²) in [5.74, 6) is 6.58. The van der Waals surface area contributed by atoms with Gasteiger partial charge in [-0.3, -0.25) is 9.59 Å². The molecule has 0 spiro atoms. The molecule has 22 nitrogen and oxygen atoms in total. The standard InChI is InChI=1S/C29H34N2O3.C29H31NO4.C26H32N2O5.C25H27Cl2NO4/c32-27(21-34-28-8-3-5-22(17-28)19-31-14-4-9-29(31)33)20-30-15-12-24(13-16-30)26-11-10-23-6-1-2-7-25(23)18-26;31-27(20-34-28-7-3-4-21(17-28)16-26-12-15-33-29(26)32)19-30-13-10-23(11-14-30)25-9-8-22-5-1-2-6-24(22)18-25;29-22(17-31-23-5-2-1-4-21(23)15-28-11-3-6-26(28)30)16-27-12-9-19(10-13-27)20-7-8-24-25(14-20)33-18-32-24;26-23-5-4-19(14-24(23)27)18-6-9-28(10-7-18)15-21(29)16-32-22-3-1-2-17(13-22)12-20-8-11-31-25(20)30/h1-3,5-8,10-11,17-18,24,27,32H,4,9,12-16,19-21H2;1-9,16-18,23,27,31H,10-15,19-20H2;1-2,4-5,7-8,14,19,22,29H,3,6,9-13,15-18H2;1-5,12-14,18,21,29H,6-11,15-16H2/b;26-16+;;20-12+. The van der Waals surface area contributed by atoms with Crippen molar-refractivity contribution in [2.45, 2.75) is 151 Å². The molecule has 8 saturated heterocycles. The summed E-state index contributed by atoms with van der Waals surface area (Å²) in [6.07, 6.45) is 14.5. The van der Waals surface area contributed by atoms with E-state index in [9.17, 15) is 39.6 Å². The van der Waals surface area contributed by atoms with Crippen molar-refractivity contribution in [3.05, 3.63) is 284 Å². The van der Waals surface area contributed by atoms with Gasteiger partial charge in [0.2, 0.25) is 18.6 Å². The first-order valence-corrected chi connectivity index (χ1v) is 48.3. The number of halogens is 2. The number of rotatable bonds is 30. The van der Waals surface area contributed by atoms with Gasteiger partial charge in [0.15, 0.2) is 11.5 Å². The third-order valence-corrected chi connectivity index (χ3v) is 27.6. The number of ether oxygens (including phenoxy) is 8. The lowest BCUT2D eigenvalue weighted by Gasteiger charge is -2.33. The lowest BCUT2D eigenvalue weighted by Crippen LogP contribution is -2.40. The molecule has 0 radical (unpaired) electrons. The van der Waals surface area contributed by atoms with Gasteiger partial charge in [0, 0.05) is 94.8 Å². The van der Waals surface area contributed by atoms with Gasteiger partial charge >= 0.3 is 11.9 Å². The number of carbonyl (C=O) groups excluding carboxylic acids is 4. The van der Waals surface area contributed by atoms with E-state index >= 15 is 0 Å². The van der Waals surface area contributed by atoms with Crippen LogP contribution >= 0.6 is 23.2 Å². The molecule has 8 fully saturated rings. The molecular formula is C109H124Cl2N6O16. The van der Waals surface area contributed by atoms with Crippen molar-refractivity contribution in [2.75, 3.05) is 138 Å². The minimum absolute atomic E-state index is 0.203. The summed E-state index contributed by atoms with van der Waals surface area (Å²) in [4.78, 5) is 60.2.